The molecular formula is C20H24ClO3P. The van der Waals surface area contributed by atoms with Crippen LogP contribution < -0.4 is 10.0 Å². The van der Waals surface area contributed by atoms with Crippen LogP contribution in [-0.4, -0.2) is 18.8 Å². The minimum atomic E-state index is -3.26. The number of benzene rings is 2. The van der Waals surface area contributed by atoms with Crippen molar-refractivity contribution in [3.05, 3.63) is 59.1 Å². The molecule has 25 heavy (non-hydrogen) atoms. The average Bonchev–Trinajstić information content (AvgIpc) is 2.65. The summed E-state index contributed by atoms with van der Waals surface area (Å²) in [4.78, 5) is 13.3. The Hall–Kier alpha value is -1.57. The van der Waals surface area contributed by atoms with Crippen molar-refractivity contribution < 1.29 is 14.1 Å². The Labute approximate surface area is 154 Å². The van der Waals surface area contributed by atoms with Crippen LogP contribution in [0.25, 0.3) is 0 Å². The summed E-state index contributed by atoms with van der Waals surface area (Å²) in [6.45, 7) is 2.12. The topological polar surface area (TPSA) is 43.4 Å². The molecule has 0 aliphatic carbocycles. The predicted molar refractivity (Wildman–Crippen MR) is 105 cm³/mol. The zero-order valence-corrected chi connectivity index (χ0v) is 16.4. The fourth-order valence-electron chi connectivity index (χ4n) is 2.86. The summed E-state index contributed by atoms with van der Waals surface area (Å²) in [7, 11) is -1.80. The van der Waals surface area contributed by atoms with Gasteiger partial charge in [0.25, 0.3) is 0 Å². The maximum Gasteiger partial charge on any atom is 0.229 e. The van der Waals surface area contributed by atoms with E-state index in [0.717, 1.165) is 25.7 Å². The van der Waals surface area contributed by atoms with Gasteiger partial charge in [0, 0.05) is 11.5 Å². The van der Waals surface area contributed by atoms with E-state index in [0.29, 0.717) is 22.2 Å². The van der Waals surface area contributed by atoms with Gasteiger partial charge in [-0.05, 0) is 18.6 Å². The number of unbranched alkanes of at least 4 members (excludes halogenated alkanes) is 3. The molecule has 0 aromatic heterocycles. The first kappa shape index (κ1) is 19.8. The quantitative estimate of drug-likeness (QED) is 0.411. The summed E-state index contributed by atoms with van der Waals surface area (Å²) in [6.07, 6.45) is 4.25. The monoisotopic (exact) mass is 378 g/mol. The number of hydrogen-bond donors (Lipinski definition) is 0. The van der Waals surface area contributed by atoms with Crippen molar-refractivity contribution in [2.24, 2.45) is 0 Å². The summed E-state index contributed by atoms with van der Waals surface area (Å²) in [5, 5.41) is 0.942. The first-order chi connectivity index (χ1) is 12.0. The van der Waals surface area contributed by atoms with Crippen LogP contribution in [0.15, 0.2) is 48.5 Å². The van der Waals surface area contributed by atoms with Gasteiger partial charge in [-0.3, -0.25) is 4.79 Å². The van der Waals surface area contributed by atoms with E-state index in [9.17, 15) is 9.36 Å². The Morgan fingerprint density at radius 2 is 1.76 bits per heavy atom. The molecule has 0 spiro atoms. The molecule has 0 radical (unpaired) electrons. The van der Waals surface area contributed by atoms with Crippen molar-refractivity contribution in [1.29, 1.82) is 0 Å². The van der Waals surface area contributed by atoms with Crippen LogP contribution in [-0.2, 0) is 4.57 Å². The van der Waals surface area contributed by atoms with E-state index in [1.807, 2.05) is 18.2 Å². The van der Waals surface area contributed by atoms with Gasteiger partial charge in [0.05, 0.1) is 17.7 Å². The van der Waals surface area contributed by atoms with E-state index in [1.54, 1.807) is 30.3 Å². The van der Waals surface area contributed by atoms with Gasteiger partial charge < -0.3 is 9.30 Å². The molecular weight excluding hydrogens is 355 g/mol. The van der Waals surface area contributed by atoms with Crippen molar-refractivity contribution >= 4 is 29.6 Å². The van der Waals surface area contributed by atoms with Crippen LogP contribution in [0.2, 0.25) is 5.02 Å². The molecule has 2 aromatic carbocycles. The average molecular weight is 379 g/mol. The first-order valence-corrected chi connectivity index (χ1v) is 10.8. The molecule has 1 atom stereocenters. The number of para-hydroxylation sites is 1. The highest BCUT2D eigenvalue weighted by atomic mass is 35.5. The third-order valence-corrected chi connectivity index (χ3v) is 7.50. The molecule has 3 nitrogen and oxygen atoms in total. The molecule has 0 saturated carbocycles. The van der Waals surface area contributed by atoms with E-state index < -0.39 is 7.14 Å². The first-order valence-electron chi connectivity index (χ1n) is 8.56. The highest BCUT2D eigenvalue weighted by Crippen LogP contribution is 2.50. The molecule has 0 saturated heterocycles. The van der Waals surface area contributed by atoms with Gasteiger partial charge >= 0.3 is 0 Å². The molecule has 2 aromatic rings. The normalized spacial score (nSPS) is 13.2. The number of hydrogen-bond acceptors (Lipinski definition) is 3. The van der Waals surface area contributed by atoms with E-state index in [1.165, 1.54) is 7.11 Å². The largest absolute Gasteiger partial charge is 0.494 e. The highest BCUT2D eigenvalue weighted by Gasteiger charge is 2.35. The summed E-state index contributed by atoms with van der Waals surface area (Å²) in [5.41, 5.74) is -0.0905. The van der Waals surface area contributed by atoms with Crippen LogP contribution in [0.1, 0.15) is 43.0 Å². The van der Waals surface area contributed by atoms with Crippen LogP contribution in [0.5, 0.6) is 5.75 Å². The zero-order chi connectivity index (χ0) is 18.3. The highest BCUT2D eigenvalue weighted by molar-refractivity contribution is 7.87. The molecule has 0 N–H and O–H groups in total. The lowest BCUT2D eigenvalue weighted by Crippen LogP contribution is -2.17. The van der Waals surface area contributed by atoms with Crippen LogP contribution in [0.3, 0.4) is 0 Å². The number of halogens is 1. The van der Waals surface area contributed by atoms with E-state index in [4.69, 9.17) is 16.3 Å². The van der Waals surface area contributed by atoms with Crippen LogP contribution in [0, 0.1) is 0 Å². The number of carbonyl (C=O) groups is 1. The SMILES string of the molecule is CCCCCCP(=O)(C(=O)c1cccc(Cl)c1OC)c1ccccc1. The van der Waals surface area contributed by atoms with E-state index in [2.05, 4.69) is 6.92 Å². The molecule has 0 aliphatic heterocycles. The fraction of sp³-hybridized carbons (Fsp3) is 0.350. The number of methoxy groups -OCH3 is 1. The van der Waals surface area contributed by atoms with Gasteiger partial charge in [-0.2, -0.15) is 0 Å². The fourth-order valence-corrected chi connectivity index (χ4v) is 5.69. The van der Waals surface area contributed by atoms with Crippen LogP contribution >= 0.6 is 18.7 Å². The maximum atomic E-state index is 13.8. The Morgan fingerprint density at radius 1 is 1.04 bits per heavy atom. The minimum Gasteiger partial charge on any atom is -0.494 e. The second kappa shape index (κ2) is 9.22. The third-order valence-electron chi connectivity index (χ3n) is 4.23. The second-order valence-electron chi connectivity index (χ2n) is 5.99. The molecule has 1 unspecified atom stereocenters. The minimum absolute atomic E-state index is 0.290. The molecule has 0 amide bonds. The second-order valence-corrected chi connectivity index (χ2v) is 9.24. The molecule has 5 heteroatoms. The van der Waals surface area contributed by atoms with Gasteiger partial charge in [-0.1, -0.05) is 74.2 Å². The lowest BCUT2D eigenvalue weighted by Gasteiger charge is -2.19. The smallest absolute Gasteiger partial charge is 0.229 e. The maximum absolute atomic E-state index is 13.8. The summed E-state index contributed by atoms with van der Waals surface area (Å²) < 4.78 is 19.1. The van der Waals surface area contributed by atoms with Crippen molar-refractivity contribution in [1.82, 2.24) is 0 Å². The van der Waals surface area contributed by atoms with E-state index in [-0.39, 0.29) is 11.1 Å². The Morgan fingerprint density at radius 3 is 2.40 bits per heavy atom. The van der Waals surface area contributed by atoms with Crippen LogP contribution in [0.4, 0.5) is 0 Å². The standard InChI is InChI=1S/C20H24ClO3P/c1-3-4-5-9-15-25(23,16-11-7-6-8-12-16)20(22)17-13-10-14-18(21)19(17)24-2/h6-8,10-14H,3-5,9,15H2,1-2H3. The van der Waals surface area contributed by atoms with Gasteiger partial charge in [-0.15, -0.1) is 0 Å². The van der Waals surface area contributed by atoms with Gasteiger partial charge in [0.1, 0.15) is 5.75 Å². The Kier molecular flexibility index (Phi) is 7.28. The van der Waals surface area contributed by atoms with Crippen molar-refractivity contribution in [2.75, 3.05) is 13.3 Å². The lowest BCUT2D eigenvalue weighted by atomic mass is 10.2. The van der Waals surface area contributed by atoms with Gasteiger partial charge in [-0.25, -0.2) is 0 Å². The van der Waals surface area contributed by atoms with Crippen molar-refractivity contribution in [2.45, 2.75) is 32.6 Å². The van der Waals surface area contributed by atoms with Gasteiger partial charge in [0.15, 0.2) is 7.14 Å². The molecule has 0 bridgehead atoms. The van der Waals surface area contributed by atoms with Gasteiger partial charge in [0.2, 0.25) is 5.52 Å². The number of carbonyl (C=O) groups excluding carboxylic acids is 1. The summed E-state index contributed by atoms with van der Waals surface area (Å²) in [6, 6.07) is 14.0. The predicted octanol–water partition coefficient (Wildman–Crippen LogP) is 5.76. The Bertz CT molecular complexity index is 759. The summed E-state index contributed by atoms with van der Waals surface area (Å²) >= 11 is 6.15. The Balaban J connectivity index is 2.43. The van der Waals surface area contributed by atoms with E-state index >= 15 is 0 Å². The molecule has 0 aliphatic rings. The lowest BCUT2D eigenvalue weighted by molar-refractivity contribution is 0.107. The number of ether oxygens (including phenoxy) is 1. The number of rotatable bonds is 9. The molecule has 134 valence electrons. The van der Waals surface area contributed by atoms with Crippen molar-refractivity contribution in [3.63, 3.8) is 0 Å². The molecule has 0 fully saturated rings. The van der Waals surface area contributed by atoms with Crippen molar-refractivity contribution in [3.8, 4) is 5.75 Å². The molecule has 0 heterocycles. The third kappa shape index (κ3) is 4.54. The summed E-state index contributed by atoms with van der Waals surface area (Å²) in [5.74, 6) is 0.291. The zero-order valence-electron chi connectivity index (χ0n) is 14.7. The molecule has 2 rings (SSSR count).